The molecule has 0 atom stereocenters. The summed E-state index contributed by atoms with van der Waals surface area (Å²) in [7, 11) is 0.650. The number of rotatable bonds is 10. The Morgan fingerprint density at radius 2 is 1.70 bits per heavy atom. The average molecular weight is 524 g/mol. The van der Waals surface area contributed by atoms with Gasteiger partial charge in [0.05, 0.1) is 22.0 Å². The van der Waals surface area contributed by atoms with Gasteiger partial charge in [-0.15, -0.1) is 0 Å². The fourth-order valence-corrected chi connectivity index (χ4v) is 4.37. The Hall–Kier alpha value is -3.67. The van der Waals surface area contributed by atoms with Crippen molar-refractivity contribution in [3.05, 3.63) is 71.5 Å². The molecule has 3 aromatic rings. The minimum absolute atomic E-state index is 0.0113. The predicted octanol–water partition coefficient (Wildman–Crippen LogP) is 2.93. The van der Waals surface area contributed by atoms with E-state index in [-0.39, 0.29) is 22.3 Å². The van der Waals surface area contributed by atoms with Crippen LogP contribution in [0.15, 0.2) is 59.6 Å². The molecule has 2 aromatic carbocycles. The highest BCUT2D eigenvalue weighted by Crippen LogP contribution is 2.23. The van der Waals surface area contributed by atoms with Crippen LogP contribution in [0.1, 0.15) is 30.7 Å². The van der Waals surface area contributed by atoms with Crippen molar-refractivity contribution in [2.24, 2.45) is 0 Å². The summed E-state index contributed by atoms with van der Waals surface area (Å²) in [5.41, 5.74) is 8.50. The van der Waals surface area contributed by atoms with Gasteiger partial charge >= 0.3 is 0 Å². The van der Waals surface area contributed by atoms with Crippen molar-refractivity contribution in [2.45, 2.75) is 30.5 Å². The summed E-state index contributed by atoms with van der Waals surface area (Å²) in [6.07, 6.45) is 1.44. The molecule has 0 aliphatic heterocycles. The number of nitrogens with one attached hydrogen (secondary N) is 3. The number of nitrogens with two attached hydrogens (primary N) is 1. The molecule has 0 saturated carbocycles. The molecule has 11 heteroatoms. The maximum Gasteiger partial charge on any atom is 0.243 e. The number of benzene rings is 2. The van der Waals surface area contributed by atoms with Crippen LogP contribution in [0, 0.1) is 10.8 Å². The Bertz CT molecular complexity index is 1350. The quantitative estimate of drug-likeness (QED) is 0.179. The lowest BCUT2D eigenvalue weighted by molar-refractivity contribution is 0.400. The van der Waals surface area contributed by atoms with Crippen LogP contribution in [-0.2, 0) is 21.1 Å². The fraction of sp³-hybridized carbons (Fsp3) is 0.308. The van der Waals surface area contributed by atoms with E-state index in [1.807, 2.05) is 26.2 Å². The van der Waals surface area contributed by atoms with E-state index in [2.05, 4.69) is 20.2 Å². The monoisotopic (exact) mass is 523 g/mol. The summed E-state index contributed by atoms with van der Waals surface area (Å²) in [6, 6.07) is 13.6. The number of hydrogen-bond donors (Lipinski definition) is 4. The minimum atomic E-state index is -3.40. The molecule has 0 unspecified atom stereocenters. The normalized spacial score (nSPS) is 11.6. The largest absolute Gasteiger partial charge is 0.419 e. The molecule has 3 rings (SSSR count). The molecule has 37 heavy (non-hydrogen) atoms. The summed E-state index contributed by atoms with van der Waals surface area (Å²) >= 11 is 0. The number of nitrogen functional groups attached to an aromatic ring is 1. The molecule has 0 aliphatic rings. The Morgan fingerprint density at radius 3 is 2.30 bits per heavy atom. The maximum atomic E-state index is 12.4. The number of anilines is 1. The fourth-order valence-electron chi connectivity index (χ4n) is 3.31. The molecule has 0 saturated heterocycles. The van der Waals surface area contributed by atoms with Gasteiger partial charge in [0.2, 0.25) is 11.8 Å². The van der Waals surface area contributed by atoms with Gasteiger partial charge in [-0.05, 0) is 57.8 Å². The molecule has 196 valence electrons. The first kappa shape index (κ1) is 27.9. The van der Waals surface area contributed by atoms with E-state index in [0.29, 0.717) is 23.4 Å². The van der Waals surface area contributed by atoms with Crippen LogP contribution in [0.25, 0.3) is 11.3 Å². The Labute approximate surface area is 217 Å². The van der Waals surface area contributed by atoms with Crippen LogP contribution < -0.4 is 11.1 Å². The van der Waals surface area contributed by atoms with Crippen molar-refractivity contribution in [1.82, 2.24) is 20.2 Å². The van der Waals surface area contributed by atoms with Gasteiger partial charge in [-0.1, -0.05) is 24.3 Å². The first-order valence-electron chi connectivity index (χ1n) is 11.8. The minimum Gasteiger partial charge on any atom is -0.419 e. The zero-order chi connectivity index (χ0) is 27.2. The van der Waals surface area contributed by atoms with Crippen molar-refractivity contribution in [1.29, 1.82) is 10.8 Å². The third-order valence-corrected chi connectivity index (χ3v) is 7.77. The van der Waals surface area contributed by atoms with E-state index in [9.17, 15) is 8.42 Å². The highest BCUT2D eigenvalue weighted by Gasteiger charge is 2.20. The second-order valence-electron chi connectivity index (χ2n) is 9.04. The van der Waals surface area contributed by atoms with E-state index < -0.39 is 21.0 Å². The van der Waals surface area contributed by atoms with Crippen LogP contribution in [-0.4, -0.2) is 67.5 Å². The van der Waals surface area contributed by atoms with Gasteiger partial charge in [-0.25, -0.2) is 18.4 Å². The first-order valence-corrected chi connectivity index (χ1v) is 13.3. The predicted molar refractivity (Wildman–Crippen MR) is 146 cm³/mol. The van der Waals surface area contributed by atoms with Gasteiger partial charge in [0, 0.05) is 30.8 Å². The molecule has 0 bridgehead atoms. The molecule has 0 spiro atoms. The molecule has 0 aliphatic carbocycles. The first-order chi connectivity index (χ1) is 17.5. The number of hydrogen-bond acceptors (Lipinski definition) is 10. The summed E-state index contributed by atoms with van der Waals surface area (Å²) in [5, 5.41) is 19.4. The zero-order valence-electron chi connectivity index (χ0n) is 21.4. The molecule has 10 nitrogen and oxygen atoms in total. The van der Waals surface area contributed by atoms with Crippen LogP contribution >= 0.6 is 0 Å². The third-order valence-electron chi connectivity index (χ3n) is 5.60. The number of ether oxygens (including phenoxy) is 1. The standard InChI is InChI=1S/C26H33N7O3S/c1-17(2)37(34,35)21-11-9-19(10-12-21)22-16-31-24(27)23(32-22)26(29)36-25(28)20-7-5-18(6-8-20)15-30-13-14-33(3)4/h5-12,16-17,28-30H,13-15H2,1-4H3,(H2,27,31). The van der Waals surface area contributed by atoms with Crippen molar-refractivity contribution >= 4 is 27.5 Å². The Kier molecular flexibility index (Phi) is 9.09. The second kappa shape index (κ2) is 12.0. The smallest absolute Gasteiger partial charge is 0.243 e. The van der Waals surface area contributed by atoms with Gasteiger partial charge in [0.25, 0.3) is 0 Å². The van der Waals surface area contributed by atoms with Crippen LogP contribution in [0.3, 0.4) is 0 Å². The number of sulfone groups is 1. The molecule has 1 heterocycles. The number of nitrogens with zero attached hydrogens (tertiary/aromatic N) is 3. The van der Waals surface area contributed by atoms with Crippen molar-refractivity contribution < 1.29 is 13.2 Å². The molecule has 0 radical (unpaired) electrons. The lowest BCUT2D eigenvalue weighted by Gasteiger charge is -2.12. The van der Waals surface area contributed by atoms with Crippen molar-refractivity contribution in [2.75, 3.05) is 32.9 Å². The summed E-state index contributed by atoms with van der Waals surface area (Å²) < 4.78 is 30.2. The zero-order valence-corrected chi connectivity index (χ0v) is 22.3. The van der Waals surface area contributed by atoms with E-state index in [1.165, 1.54) is 18.3 Å². The Morgan fingerprint density at radius 1 is 1.05 bits per heavy atom. The maximum absolute atomic E-state index is 12.4. The van der Waals surface area contributed by atoms with Crippen LogP contribution in [0.5, 0.6) is 0 Å². The van der Waals surface area contributed by atoms with Crippen molar-refractivity contribution in [3.8, 4) is 11.3 Å². The van der Waals surface area contributed by atoms with Gasteiger partial charge in [0.15, 0.2) is 21.3 Å². The van der Waals surface area contributed by atoms with Crippen molar-refractivity contribution in [3.63, 3.8) is 0 Å². The lowest BCUT2D eigenvalue weighted by atomic mass is 10.1. The molecule has 0 fully saturated rings. The molecule has 1 aromatic heterocycles. The molecular formula is C26H33N7O3S. The topological polar surface area (TPSA) is 158 Å². The molecular weight excluding hydrogens is 490 g/mol. The summed E-state index contributed by atoms with van der Waals surface area (Å²) in [5.74, 6) is -0.642. The number of aromatic nitrogens is 2. The van der Waals surface area contributed by atoms with Crippen LogP contribution in [0.2, 0.25) is 0 Å². The van der Waals surface area contributed by atoms with E-state index in [4.69, 9.17) is 21.3 Å². The average Bonchev–Trinajstić information content (AvgIpc) is 2.87. The van der Waals surface area contributed by atoms with Gasteiger partial charge in [-0.2, -0.15) is 0 Å². The van der Waals surface area contributed by atoms with Crippen LogP contribution in [0.4, 0.5) is 5.82 Å². The molecule has 0 amide bonds. The highest BCUT2D eigenvalue weighted by molar-refractivity contribution is 7.92. The van der Waals surface area contributed by atoms with E-state index in [0.717, 1.165) is 18.7 Å². The SMILES string of the molecule is CC(C)S(=O)(=O)c1ccc(-c2cnc(N)c(C(=N)OC(=N)c3ccc(CNCCN(C)C)cc3)n2)cc1. The lowest BCUT2D eigenvalue weighted by Crippen LogP contribution is -2.26. The second-order valence-corrected chi connectivity index (χ2v) is 11.5. The highest BCUT2D eigenvalue weighted by atomic mass is 32.2. The third kappa shape index (κ3) is 7.19. The van der Waals surface area contributed by atoms with Gasteiger partial charge in [-0.3, -0.25) is 10.8 Å². The summed E-state index contributed by atoms with van der Waals surface area (Å²) in [6.45, 7) is 5.78. The van der Waals surface area contributed by atoms with E-state index in [1.54, 1.807) is 38.1 Å². The Balaban J connectivity index is 1.69. The van der Waals surface area contributed by atoms with Gasteiger partial charge < -0.3 is 20.7 Å². The van der Waals surface area contributed by atoms with Gasteiger partial charge in [0.1, 0.15) is 0 Å². The molecule has 5 N–H and O–H groups in total. The van der Waals surface area contributed by atoms with E-state index >= 15 is 0 Å². The summed E-state index contributed by atoms with van der Waals surface area (Å²) in [4.78, 5) is 10.8. The number of likely N-dealkylation sites (N-methyl/N-ethyl adjacent to an activating group) is 1.